The average molecular weight is 372 g/mol. The molecule has 26 heavy (non-hydrogen) atoms. The standard InChI is InChI=1S/C15H16F4N6O/c1-8-10(14(16)24(2)22-8)6-20-21-13(26)7-25-11(9-3-4-9)5-12(23-25)15(17,18)19/h5-6,9H,3-4,7H2,1-2H3,(H,21,26)/b20-6+. The number of amides is 1. The van der Waals surface area contributed by atoms with Crippen molar-refractivity contribution >= 4 is 12.1 Å². The zero-order valence-corrected chi connectivity index (χ0v) is 14.0. The van der Waals surface area contributed by atoms with Crippen molar-refractivity contribution in [3.63, 3.8) is 0 Å². The third-order valence-electron chi connectivity index (χ3n) is 3.97. The molecule has 0 atom stereocenters. The highest BCUT2D eigenvalue weighted by Gasteiger charge is 2.38. The summed E-state index contributed by atoms with van der Waals surface area (Å²) < 4.78 is 54.3. The molecular formula is C15H16F4N6O. The van der Waals surface area contributed by atoms with Crippen molar-refractivity contribution in [2.45, 2.75) is 38.4 Å². The largest absolute Gasteiger partial charge is 0.435 e. The minimum atomic E-state index is -4.57. The van der Waals surface area contributed by atoms with Gasteiger partial charge >= 0.3 is 6.18 Å². The van der Waals surface area contributed by atoms with E-state index in [1.54, 1.807) is 6.92 Å². The Morgan fingerprint density at radius 2 is 2.12 bits per heavy atom. The molecule has 1 amide bonds. The summed E-state index contributed by atoms with van der Waals surface area (Å²) in [5.74, 6) is -1.29. The molecule has 1 aliphatic carbocycles. The Morgan fingerprint density at radius 1 is 1.42 bits per heavy atom. The van der Waals surface area contributed by atoms with E-state index in [-0.39, 0.29) is 11.5 Å². The van der Waals surface area contributed by atoms with Gasteiger partial charge in [0, 0.05) is 18.7 Å². The predicted molar refractivity (Wildman–Crippen MR) is 82.8 cm³/mol. The molecule has 0 bridgehead atoms. The lowest BCUT2D eigenvalue weighted by Gasteiger charge is -2.05. The lowest BCUT2D eigenvalue weighted by molar-refractivity contribution is -0.141. The Hall–Kier alpha value is -2.72. The van der Waals surface area contributed by atoms with Gasteiger partial charge in [0.2, 0.25) is 5.95 Å². The minimum Gasteiger partial charge on any atom is -0.271 e. The molecule has 0 unspecified atom stereocenters. The lowest BCUT2D eigenvalue weighted by atomic mass is 10.2. The highest BCUT2D eigenvalue weighted by Crippen LogP contribution is 2.42. The molecule has 2 aromatic heterocycles. The van der Waals surface area contributed by atoms with Crippen molar-refractivity contribution in [2.75, 3.05) is 0 Å². The summed E-state index contributed by atoms with van der Waals surface area (Å²) in [7, 11) is 1.42. The molecule has 1 fully saturated rings. The van der Waals surface area contributed by atoms with Gasteiger partial charge in [-0.2, -0.15) is 32.9 Å². The Morgan fingerprint density at radius 3 is 2.65 bits per heavy atom. The number of nitrogens with one attached hydrogen (secondary N) is 1. The molecule has 11 heteroatoms. The number of hydrogen-bond donors (Lipinski definition) is 1. The molecular weight excluding hydrogens is 356 g/mol. The lowest BCUT2D eigenvalue weighted by Crippen LogP contribution is -2.25. The molecule has 1 N–H and O–H groups in total. The molecule has 3 rings (SSSR count). The van der Waals surface area contributed by atoms with E-state index in [4.69, 9.17) is 0 Å². The fourth-order valence-corrected chi connectivity index (χ4v) is 2.54. The molecule has 0 radical (unpaired) electrons. The number of carbonyl (C=O) groups excluding carboxylic acids is 1. The number of aryl methyl sites for hydroxylation is 2. The quantitative estimate of drug-likeness (QED) is 0.496. The second kappa shape index (κ2) is 6.54. The minimum absolute atomic E-state index is 0.0120. The second-order valence-corrected chi connectivity index (χ2v) is 6.09. The van der Waals surface area contributed by atoms with Gasteiger partial charge in [0.05, 0.1) is 17.5 Å². The third-order valence-corrected chi connectivity index (χ3v) is 3.97. The second-order valence-electron chi connectivity index (χ2n) is 6.09. The summed E-state index contributed by atoms with van der Waals surface area (Å²) in [4.78, 5) is 12.0. The first-order valence-corrected chi connectivity index (χ1v) is 7.82. The Kier molecular flexibility index (Phi) is 4.55. The molecule has 1 saturated carbocycles. The fraction of sp³-hybridized carbons (Fsp3) is 0.467. The maximum Gasteiger partial charge on any atom is 0.435 e. The van der Waals surface area contributed by atoms with Gasteiger partial charge in [-0.25, -0.2) is 10.1 Å². The first-order chi connectivity index (χ1) is 12.2. The Balaban J connectivity index is 1.68. The molecule has 2 heterocycles. The zero-order valence-electron chi connectivity index (χ0n) is 14.0. The van der Waals surface area contributed by atoms with Crippen LogP contribution in [0.15, 0.2) is 11.2 Å². The van der Waals surface area contributed by atoms with Crippen LogP contribution in [0, 0.1) is 12.9 Å². The van der Waals surface area contributed by atoms with Crippen molar-refractivity contribution in [2.24, 2.45) is 12.1 Å². The van der Waals surface area contributed by atoms with E-state index in [1.807, 2.05) is 0 Å². The maximum absolute atomic E-state index is 13.7. The number of hydrazone groups is 1. The van der Waals surface area contributed by atoms with Crippen LogP contribution in [-0.4, -0.2) is 31.7 Å². The van der Waals surface area contributed by atoms with Crippen molar-refractivity contribution in [3.05, 3.63) is 34.7 Å². The molecule has 0 spiro atoms. The normalized spacial score (nSPS) is 15.0. The van der Waals surface area contributed by atoms with E-state index >= 15 is 0 Å². The van der Waals surface area contributed by atoms with Gasteiger partial charge in [0.25, 0.3) is 5.91 Å². The number of nitrogens with zero attached hydrogens (tertiary/aromatic N) is 5. The average Bonchev–Trinajstić information content (AvgIpc) is 3.24. The first kappa shape index (κ1) is 18.1. The van der Waals surface area contributed by atoms with Crippen LogP contribution >= 0.6 is 0 Å². The summed E-state index contributed by atoms with van der Waals surface area (Å²) in [6.07, 6.45) is -1.94. The highest BCUT2D eigenvalue weighted by molar-refractivity contribution is 5.83. The van der Waals surface area contributed by atoms with Gasteiger partial charge in [-0.3, -0.25) is 9.48 Å². The molecule has 2 aromatic rings. The molecule has 1 aliphatic rings. The summed E-state index contributed by atoms with van der Waals surface area (Å²) in [5, 5.41) is 11.0. The van der Waals surface area contributed by atoms with Crippen molar-refractivity contribution in [1.29, 1.82) is 0 Å². The molecule has 0 aromatic carbocycles. The number of hydrogen-bond acceptors (Lipinski definition) is 4. The van der Waals surface area contributed by atoms with E-state index in [0.29, 0.717) is 11.4 Å². The number of rotatable bonds is 5. The van der Waals surface area contributed by atoms with E-state index in [1.165, 1.54) is 7.05 Å². The summed E-state index contributed by atoms with van der Waals surface area (Å²) >= 11 is 0. The SMILES string of the molecule is Cc1nn(C)c(F)c1/C=N/NC(=O)Cn1nc(C(F)(F)F)cc1C1CC1. The van der Waals surface area contributed by atoms with Crippen LogP contribution < -0.4 is 5.43 Å². The molecule has 7 nitrogen and oxygen atoms in total. The summed E-state index contributed by atoms with van der Waals surface area (Å²) in [6.45, 7) is 1.17. The van der Waals surface area contributed by atoms with Gasteiger partial charge in [-0.05, 0) is 25.8 Å². The maximum atomic E-state index is 13.7. The predicted octanol–water partition coefficient (Wildman–Crippen LogP) is 2.11. The van der Waals surface area contributed by atoms with Gasteiger partial charge < -0.3 is 0 Å². The van der Waals surface area contributed by atoms with Gasteiger partial charge in [0.1, 0.15) is 6.54 Å². The van der Waals surface area contributed by atoms with Crippen molar-refractivity contribution in [3.8, 4) is 0 Å². The smallest absolute Gasteiger partial charge is 0.271 e. The van der Waals surface area contributed by atoms with E-state index in [0.717, 1.165) is 34.5 Å². The molecule has 140 valence electrons. The molecule has 0 saturated heterocycles. The molecule has 0 aliphatic heterocycles. The van der Waals surface area contributed by atoms with Gasteiger partial charge in [0.15, 0.2) is 5.69 Å². The number of aromatic nitrogens is 4. The first-order valence-electron chi connectivity index (χ1n) is 7.82. The topological polar surface area (TPSA) is 77.1 Å². The number of halogens is 4. The van der Waals surface area contributed by atoms with Crippen molar-refractivity contribution < 1.29 is 22.4 Å². The van der Waals surface area contributed by atoms with Crippen LogP contribution in [-0.2, 0) is 24.6 Å². The van der Waals surface area contributed by atoms with Crippen LogP contribution in [0.1, 0.15) is 41.4 Å². The van der Waals surface area contributed by atoms with Crippen LogP contribution in [0.2, 0.25) is 0 Å². The van der Waals surface area contributed by atoms with Crippen LogP contribution in [0.3, 0.4) is 0 Å². The van der Waals surface area contributed by atoms with E-state index < -0.39 is 30.3 Å². The van der Waals surface area contributed by atoms with Crippen LogP contribution in [0.5, 0.6) is 0 Å². The third kappa shape index (κ3) is 3.75. The van der Waals surface area contributed by atoms with E-state index in [9.17, 15) is 22.4 Å². The van der Waals surface area contributed by atoms with Gasteiger partial charge in [-0.1, -0.05) is 0 Å². The monoisotopic (exact) mass is 372 g/mol. The van der Waals surface area contributed by atoms with Gasteiger partial charge in [-0.15, -0.1) is 0 Å². The number of carbonyl (C=O) groups is 1. The van der Waals surface area contributed by atoms with Crippen LogP contribution in [0.25, 0.3) is 0 Å². The Bertz CT molecular complexity index is 862. The summed E-state index contributed by atoms with van der Waals surface area (Å²) in [5.41, 5.74) is 2.02. The van der Waals surface area contributed by atoms with Crippen LogP contribution in [0.4, 0.5) is 17.6 Å². The van der Waals surface area contributed by atoms with Crippen molar-refractivity contribution in [1.82, 2.24) is 25.0 Å². The number of alkyl halides is 3. The van der Waals surface area contributed by atoms with E-state index in [2.05, 4.69) is 20.7 Å². The fourth-order valence-electron chi connectivity index (χ4n) is 2.54. The summed E-state index contributed by atoms with van der Waals surface area (Å²) in [6, 6.07) is 0.975. The Labute approximate surface area is 145 Å². The highest BCUT2D eigenvalue weighted by atomic mass is 19.4. The zero-order chi connectivity index (χ0) is 19.1.